The fourth-order valence-corrected chi connectivity index (χ4v) is 5.72. The first-order valence-corrected chi connectivity index (χ1v) is 20.0. The highest BCUT2D eigenvalue weighted by molar-refractivity contribution is 6.14. The molecule has 0 saturated heterocycles. The molecule has 0 unspecified atom stereocenters. The molecule has 5 rings (SSSR count). The van der Waals surface area contributed by atoms with Crippen LogP contribution < -0.4 is 33.4 Å². The van der Waals surface area contributed by atoms with Crippen molar-refractivity contribution >= 4 is 45.6 Å². The molecule has 4 aromatic carbocycles. The second-order valence-corrected chi connectivity index (χ2v) is 12.0. The SMILES string of the molecule is C=C1N=C(C)c2ccccc2C(C)=NC(=C)c2ccccc2C(C)=NC(C)=c2ccccc2=C(C)N=C(C)c2ccccc21.CC.CC.CC.CC.NC(N)(N)N. The fourth-order valence-electron chi connectivity index (χ4n) is 5.72. The van der Waals surface area contributed by atoms with Crippen LogP contribution in [0.1, 0.15) is 130 Å². The van der Waals surface area contributed by atoms with E-state index in [1.165, 1.54) is 0 Å². The summed E-state index contributed by atoms with van der Waals surface area (Å²) in [6.07, 6.45) is 0. The van der Waals surface area contributed by atoms with E-state index in [0.717, 1.165) is 78.1 Å². The minimum absolute atomic E-state index is 0.678. The van der Waals surface area contributed by atoms with Crippen LogP contribution in [0.5, 0.6) is 0 Å². The summed E-state index contributed by atoms with van der Waals surface area (Å²) in [5.41, 5.74) is 31.3. The molecule has 0 radical (unpaired) electrons. The van der Waals surface area contributed by atoms with Gasteiger partial charge in [-0.2, -0.15) is 0 Å². The Morgan fingerprint density at radius 3 is 0.807 bits per heavy atom. The Morgan fingerprint density at radius 1 is 0.351 bits per heavy atom. The average Bonchev–Trinajstić information content (AvgIpc) is 3.22. The largest absolute Gasteiger partial charge is 0.288 e. The van der Waals surface area contributed by atoms with E-state index in [-0.39, 0.29) is 0 Å². The number of benzene rings is 4. The maximum atomic E-state index is 5.10. The third-order valence-electron chi connectivity index (χ3n) is 7.94. The highest BCUT2D eigenvalue weighted by atomic mass is 15.2. The van der Waals surface area contributed by atoms with E-state index in [2.05, 4.69) is 98.5 Å². The lowest BCUT2D eigenvalue weighted by atomic mass is 9.98. The third-order valence-corrected chi connectivity index (χ3v) is 7.94. The number of nitrogens with two attached hydrogens (primary N) is 4. The maximum Gasteiger partial charge on any atom is 0.171 e. The van der Waals surface area contributed by atoms with Crippen LogP contribution in [0.25, 0.3) is 22.8 Å². The molecule has 1 aliphatic rings. The van der Waals surface area contributed by atoms with Crippen LogP contribution in [-0.2, 0) is 0 Å². The molecule has 1 heterocycles. The van der Waals surface area contributed by atoms with Gasteiger partial charge in [-0.15, -0.1) is 0 Å². The smallest absolute Gasteiger partial charge is 0.171 e. The molecular weight excluding hydrogens is 701 g/mol. The zero-order valence-corrected chi connectivity index (χ0v) is 37.3. The number of hydrogen-bond donors (Lipinski definition) is 4. The van der Waals surface area contributed by atoms with Crippen molar-refractivity contribution in [2.45, 2.75) is 103 Å². The predicted molar refractivity (Wildman–Crippen MR) is 255 cm³/mol. The molecule has 8 nitrogen and oxygen atoms in total. The highest BCUT2D eigenvalue weighted by Gasteiger charge is 2.14. The van der Waals surface area contributed by atoms with Gasteiger partial charge >= 0.3 is 0 Å². The first-order valence-electron chi connectivity index (χ1n) is 20.0. The summed E-state index contributed by atoms with van der Waals surface area (Å²) < 4.78 is 0. The highest BCUT2D eigenvalue weighted by Crippen LogP contribution is 2.25. The molecular formula is C49H70N8. The molecule has 8 heteroatoms. The molecule has 4 aromatic rings. The third kappa shape index (κ3) is 15.9. The van der Waals surface area contributed by atoms with E-state index in [1.807, 2.05) is 132 Å². The normalized spacial score (nSPS) is 12.8. The molecule has 0 saturated carbocycles. The van der Waals surface area contributed by atoms with Gasteiger partial charge in [-0.3, -0.25) is 42.9 Å². The lowest BCUT2D eigenvalue weighted by molar-refractivity contribution is 0.484. The topological polar surface area (TPSA) is 154 Å². The number of rotatable bonds is 0. The summed E-state index contributed by atoms with van der Waals surface area (Å²) in [5, 5.41) is 2.07. The average molecular weight is 771 g/mol. The van der Waals surface area contributed by atoms with Crippen molar-refractivity contribution in [3.8, 4) is 0 Å². The summed E-state index contributed by atoms with van der Waals surface area (Å²) in [7, 11) is 0. The zero-order chi connectivity index (χ0) is 43.9. The summed E-state index contributed by atoms with van der Waals surface area (Å²) >= 11 is 0. The lowest BCUT2D eigenvalue weighted by Crippen LogP contribution is -2.65. The molecule has 8 N–H and O–H groups in total. The number of aliphatic imine (C=N–C) groups is 4. The van der Waals surface area contributed by atoms with Crippen LogP contribution >= 0.6 is 0 Å². The fraction of sp³-hybridized carbons (Fsp3) is 0.306. The summed E-state index contributed by atoms with van der Waals surface area (Å²) in [5.74, 6) is -1.50. The van der Waals surface area contributed by atoms with E-state index in [1.54, 1.807) is 0 Å². The summed E-state index contributed by atoms with van der Waals surface area (Å²) in [6.45, 7) is 37.0. The Bertz CT molecular complexity index is 2010. The van der Waals surface area contributed by atoms with Gasteiger partial charge in [-0.05, 0) is 41.5 Å². The number of fused-ring (bicyclic) bond motifs is 4. The van der Waals surface area contributed by atoms with Gasteiger partial charge < -0.3 is 0 Å². The van der Waals surface area contributed by atoms with Crippen molar-refractivity contribution < 1.29 is 0 Å². The minimum Gasteiger partial charge on any atom is -0.288 e. The quantitative estimate of drug-likeness (QED) is 0.132. The second-order valence-electron chi connectivity index (χ2n) is 12.0. The van der Waals surface area contributed by atoms with Crippen molar-refractivity contribution in [3.05, 3.63) is 154 Å². The Balaban J connectivity index is 0.00000215. The van der Waals surface area contributed by atoms with E-state index in [4.69, 9.17) is 20.0 Å². The Kier molecular flexibility index (Phi) is 24.0. The molecule has 0 fully saturated rings. The van der Waals surface area contributed by atoms with E-state index >= 15 is 0 Å². The van der Waals surface area contributed by atoms with Crippen molar-refractivity contribution in [3.63, 3.8) is 0 Å². The van der Waals surface area contributed by atoms with E-state index in [9.17, 15) is 0 Å². The maximum absolute atomic E-state index is 5.10. The first-order chi connectivity index (χ1) is 27.2. The molecule has 0 spiro atoms. The first kappa shape index (κ1) is 51.6. The molecule has 0 atom stereocenters. The molecule has 0 amide bonds. The Labute approximate surface area is 344 Å². The van der Waals surface area contributed by atoms with Crippen LogP contribution in [0.15, 0.2) is 130 Å². The van der Waals surface area contributed by atoms with Crippen molar-refractivity contribution in [1.29, 1.82) is 0 Å². The van der Waals surface area contributed by atoms with Gasteiger partial charge in [0.05, 0.1) is 11.4 Å². The van der Waals surface area contributed by atoms with E-state index in [0.29, 0.717) is 11.4 Å². The Hall–Kier alpha value is -5.38. The Morgan fingerprint density at radius 2 is 0.544 bits per heavy atom. The summed E-state index contributed by atoms with van der Waals surface area (Å²) in [6, 6.07) is 32.8. The standard InChI is InChI=1S/C40H38N4.4C2H6.CH8N4/c1-25-33-17-9-10-18-34(33)27(3)42-29(5)37-21-13-14-22-38(37)31(7)44-32(8)40-24-16-15-23-39(40)30(6)43-28(4)36-20-12-11-19-35(36)26(2)41-25;4*1-2;2-1(3,4)5/h9-24H,1,6H2,2-5,7-8H3;4*1-2H3;2-5H2. The monoisotopic (exact) mass is 771 g/mol. The van der Waals surface area contributed by atoms with Crippen LogP contribution in [0.3, 0.4) is 0 Å². The molecule has 0 bridgehead atoms. The minimum atomic E-state index is -1.50. The van der Waals surface area contributed by atoms with E-state index < -0.39 is 5.91 Å². The number of nitrogens with zero attached hydrogens (tertiary/aromatic N) is 4. The van der Waals surface area contributed by atoms with Crippen molar-refractivity contribution in [2.75, 3.05) is 0 Å². The molecule has 0 aliphatic carbocycles. The molecule has 1 aliphatic heterocycles. The van der Waals surface area contributed by atoms with Gasteiger partial charge in [0, 0.05) is 78.1 Å². The predicted octanol–water partition coefficient (Wildman–Crippen LogP) is 9.77. The van der Waals surface area contributed by atoms with Gasteiger partial charge in [0.1, 0.15) is 0 Å². The number of hydrogen-bond acceptors (Lipinski definition) is 8. The van der Waals surface area contributed by atoms with Gasteiger partial charge in [-0.25, -0.2) is 0 Å². The van der Waals surface area contributed by atoms with Gasteiger partial charge in [0.2, 0.25) is 0 Å². The van der Waals surface area contributed by atoms with Crippen LogP contribution in [0, 0.1) is 0 Å². The lowest BCUT2D eigenvalue weighted by Gasteiger charge is -2.14. The van der Waals surface area contributed by atoms with Crippen LogP contribution in [0.4, 0.5) is 0 Å². The van der Waals surface area contributed by atoms with Crippen LogP contribution in [0.2, 0.25) is 0 Å². The second kappa shape index (κ2) is 26.5. The van der Waals surface area contributed by atoms with Gasteiger partial charge in [0.15, 0.2) is 5.91 Å². The molecule has 306 valence electrons. The van der Waals surface area contributed by atoms with Crippen LogP contribution in [-0.4, -0.2) is 28.8 Å². The van der Waals surface area contributed by atoms with Gasteiger partial charge in [0.25, 0.3) is 0 Å². The van der Waals surface area contributed by atoms with Crippen molar-refractivity contribution in [1.82, 2.24) is 0 Å². The molecule has 0 aromatic heterocycles. The summed E-state index contributed by atoms with van der Waals surface area (Å²) in [4.78, 5) is 20.2. The molecule has 57 heavy (non-hydrogen) atoms. The van der Waals surface area contributed by atoms with Crippen molar-refractivity contribution in [2.24, 2.45) is 42.9 Å². The zero-order valence-electron chi connectivity index (χ0n) is 37.3. The van der Waals surface area contributed by atoms with Gasteiger partial charge in [-0.1, -0.05) is 166 Å².